The van der Waals surface area contributed by atoms with Crippen molar-refractivity contribution in [2.24, 2.45) is 7.05 Å². The molecule has 16 heavy (non-hydrogen) atoms. The summed E-state index contributed by atoms with van der Waals surface area (Å²) in [6.07, 6.45) is 3.66. The highest BCUT2D eigenvalue weighted by Crippen LogP contribution is 2.17. The lowest BCUT2D eigenvalue weighted by molar-refractivity contribution is 0.0601. The summed E-state index contributed by atoms with van der Waals surface area (Å²) in [6.45, 7) is 0. The molecule has 82 valence electrons. The Morgan fingerprint density at radius 3 is 2.50 bits per heavy atom. The number of hydrogen-bond acceptors (Lipinski definition) is 3. The summed E-state index contributed by atoms with van der Waals surface area (Å²) in [5.41, 5.74) is 2.41. The van der Waals surface area contributed by atoms with Crippen LogP contribution in [-0.2, 0) is 11.8 Å². The highest BCUT2D eigenvalue weighted by atomic mass is 16.5. The van der Waals surface area contributed by atoms with Crippen LogP contribution in [0, 0.1) is 0 Å². The van der Waals surface area contributed by atoms with E-state index in [-0.39, 0.29) is 5.97 Å². The predicted molar refractivity (Wildman–Crippen MR) is 60.0 cm³/mol. The van der Waals surface area contributed by atoms with Crippen molar-refractivity contribution in [1.29, 1.82) is 0 Å². The summed E-state index contributed by atoms with van der Waals surface area (Å²) in [5, 5.41) is 0. The molecule has 4 heteroatoms. The van der Waals surface area contributed by atoms with Crippen LogP contribution in [0.2, 0.25) is 0 Å². The molecule has 1 aromatic carbocycles. The molecule has 0 unspecified atom stereocenters. The number of nitrogens with zero attached hydrogens (tertiary/aromatic N) is 2. The number of aromatic nitrogens is 2. The fourth-order valence-electron chi connectivity index (χ4n) is 1.46. The predicted octanol–water partition coefficient (Wildman–Crippen LogP) is 1.87. The van der Waals surface area contributed by atoms with Gasteiger partial charge in [0.2, 0.25) is 0 Å². The van der Waals surface area contributed by atoms with Crippen molar-refractivity contribution in [2.75, 3.05) is 7.11 Å². The molecule has 0 radical (unpaired) electrons. The third kappa shape index (κ3) is 1.95. The molecule has 1 aromatic heterocycles. The van der Waals surface area contributed by atoms with E-state index in [0.717, 1.165) is 11.3 Å². The Balaban J connectivity index is 2.29. The van der Waals surface area contributed by atoms with Gasteiger partial charge in [-0.1, -0.05) is 12.1 Å². The maximum atomic E-state index is 11.2. The van der Waals surface area contributed by atoms with Crippen LogP contribution in [-0.4, -0.2) is 22.6 Å². The zero-order valence-corrected chi connectivity index (χ0v) is 9.18. The van der Waals surface area contributed by atoms with Crippen molar-refractivity contribution >= 4 is 5.97 Å². The summed E-state index contributed by atoms with van der Waals surface area (Å²) < 4.78 is 6.51. The van der Waals surface area contributed by atoms with Crippen molar-refractivity contribution in [3.8, 4) is 11.3 Å². The SMILES string of the molecule is COC(=O)c1ccc(-c2cn(C)cn2)cc1. The molecule has 0 saturated heterocycles. The number of carbonyl (C=O) groups is 1. The molecule has 0 spiro atoms. The van der Waals surface area contributed by atoms with Crippen molar-refractivity contribution in [1.82, 2.24) is 9.55 Å². The molecule has 4 nitrogen and oxygen atoms in total. The van der Waals surface area contributed by atoms with Gasteiger partial charge in [-0.2, -0.15) is 0 Å². The van der Waals surface area contributed by atoms with E-state index in [0.29, 0.717) is 5.56 Å². The van der Waals surface area contributed by atoms with E-state index in [1.54, 1.807) is 18.5 Å². The van der Waals surface area contributed by atoms with E-state index in [2.05, 4.69) is 9.72 Å². The first-order chi connectivity index (χ1) is 7.70. The van der Waals surface area contributed by atoms with Gasteiger partial charge in [0, 0.05) is 18.8 Å². The Kier molecular flexibility index (Phi) is 2.72. The number of hydrogen-bond donors (Lipinski definition) is 0. The molecule has 0 bridgehead atoms. The van der Waals surface area contributed by atoms with E-state index in [1.807, 2.05) is 29.9 Å². The Labute approximate surface area is 93.5 Å². The lowest BCUT2D eigenvalue weighted by Crippen LogP contribution is -2.00. The molecule has 0 amide bonds. The van der Waals surface area contributed by atoms with Gasteiger partial charge in [0.25, 0.3) is 0 Å². The maximum Gasteiger partial charge on any atom is 0.337 e. The molecular weight excluding hydrogens is 204 g/mol. The van der Waals surface area contributed by atoms with Crippen LogP contribution in [0.3, 0.4) is 0 Å². The largest absolute Gasteiger partial charge is 0.465 e. The van der Waals surface area contributed by atoms with Gasteiger partial charge in [0.1, 0.15) is 0 Å². The van der Waals surface area contributed by atoms with Gasteiger partial charge >= 0.3 is 5.97 Å². The topological polar surface area (TPSA) is 44.1 Å². The van der Waals surface area contributed by atoms with Crippen molar-refractivity contribution in [3.63, 3.8) is 0 Å². The van der Waals surface area contributed by atoms with E-state index in [1.165, 1.54) is 7.11 Å². The van der Waals surface area contributed by atoms with Crippen LogP contribution in [0.25, 0.3) is 11.3 Å². The smallest absolute Gasteiger partial charge is 0.337 e. The lowest BCUT2D eigenvalue weighted by Gasteiger charge is -2.00. The molecule has 0 atom stereocenters. The molecule has 2 rings (SSSR count). The van der Waals surface area contributed by atoms with E-state index >= 15 is 0 Å². The molecule has 0 fully saturated rings. The summed E-state index contributed by atoms with van der Waals surface area (Å²) in [7, 11) is 3.29. The minimum absolute atomic E-state index is 0.326. The van der Waals surface area contributed by atoms with Gasteiger partial charge in [0.15, 0.2) is 0 Å². The summed E-state index contributed by atoms with van der Waals surface area (Å²) in [4.78, 5) is 15.5. The minimum atomic E-state index is -0.326. The van der Waals surface area contributed by atoms with E-state index < -0.39 is 0 Å². The third-order valence-electron chi connectivity index (χ3n) is 2.31. The number of carbonyl (C=O) groups excluding carboxylic acids is 1. The number of ether oxygens (including phenoxy) is 1. The van der Waals surface area contributed by atoms with Crippen LogP contribution in [0.5, 0.6) is 0 Å². The first kappa shape index (κ1) is 10.4. The van der Waals surface area contributed by atoms with Gasteiger partial charge < -0.3 is 9.30 Å². The maximum absolute atomic E-state index is 11.2. The second-order valence-electron chi connectivity index (χ2n) is 3.49. The first-order valence-electron chi connectivity index (χ1n) is 4.87. The van der Waals surface area contributed by atoms with Crippen LogP contribution in [0.4, 0.5) is 0 Å². The van der Waals surface area contributed by atoms with Gasteiger partial charge in [-0.3, -0.25) is 0 Å². The number of imidazole rings is 1. The van der Waals surface area contributed by atoms with Gasteiger partial charge in [-0.05, 0) is 12.1 Å². The monoisotopic (exact) mass is 216 g/mol. The Hall–Kier alpha value is -2.10. The quantitative estimate of drug-likeness (QED) is 0.720. The van der Waals surface area contributed by atoms with Gasteiger partial charge in [-0.25, -0.2) is 9.78 Å². The summed E-state index contributed by atoms with van der Waals surface area (Å²) in [6, 6.07) is 7.18. The minimum Gasteiger partial charge on any atom is -0.465 e. The second kappa shape index (κ2) is 4.18. The lowest BCUT2D eigenvalue weighted by atomic mass is 10.1. The van der Waals surface area contributed by atoms with Gasteiger partial charge in [-0.15, -0.1) is 0 Å². The molecule has 1 heterocycles. The van der Waals surface area contributed by atoms with Crippen LogP contribution in [0.15, 0.2) is 36.8 Å². The Bertz CT molecular complexity index is 500. The molecule has 2 aromatic rings. The van der Waals surface area contributed by atoms with Crippen LogP contribution < -0.4 is 0 Å². The summed E-state index contributed by atoms with van der Waals surface area (Å²) in [5.74, 6) is -0.326. The Morgan fingerprint density at radius 1 is 1.31 bits per heavy atom. The van der Waals surface area contributed by atoms with Crippen molar-refractivity contribution in [2.45, 2.75) is 0 Å². The average molecular weight is 216 g/mol. The fraction of sp³-hybridized carbons (Fsp3) is 0.167. The molecular formula is C12H12N2O2. The highest BCUT2D eigenvalue weighted by Gasteiger charge is 2.06. The van der Waals surface area contributed by atoms with Crippen molar-refractivity contribution < 1.29 is 9.53 Å². The summed E-state index contributed by atoms with van der Waals surface area (Å²) >= 11 is 0. The van der Waals surface area contributed by atoms with Crippen LogP contribution >= 0.6 is 0 Å². The first-order valence-corrected chi connectivity index (χ1v) is 4.87. The molecule has 0 saturated carbocycles. The van der Waals surface area contributed by atoms with E-state index in [4.69, 9.17) is 0 Å². The number of esters is 1. The normalized spacial score (nSPS) is 10.1. The number of rotatable bonds is 2. The number of benzene rings is 1. The third-order valence-corrected chi connectivity index (χ3v) is 2.31. The van der Waals surface area contributed by atoms with Gasteiger partial charge in [0.05, 0.1) is 24.7 Å². The molecule has 0 N–H and O–H groups in total. The molecule has 0 aliphatic heterocycles. The standard InChI is InChI=1S/C12H12N2O2/c1-14-7-11(13-8-14)9-3-5-10(6-4-9)12(15)16-2/h3-8H,1-2H3. The fourth-order valence-corrected chi connectivity index (χ4v) is 1.46. The highest BCUT2D eigenvalue weighted by molar-refractivity contribution is 5.89. The zero-order chi connectivity index (χ0) is 11.5. The van der Waals surface area contributed by atoms with Crippen molar-refractivity contribution in [3.05, 3.63) is 42.4 Å². The molecule has 0 aliphatic rings. The van der Waals surface area contributed by atoms with E-state index in [9.17, 15) is 4.79 Å². The molecule has 0 aliphatic carbocycles. The second-order valence-corrected chi connectivity index (χ2v) is 3.49. The average Bonchev–Trinajstić information content (AvgIpc) is 2.75. The van der Waals surface area contributed by atoms with Crippen LogP contribution in [0.1, 0.15) is 10.4 Å². The number of methoxy groups -OCH3 is 1. The Morgan fingerprint density at radius 2 is 2.00 bits per heavy atom. The zero-order valence-electron chi connectivity index (χ0n) is 9.18. The number of aryl methyl sites for hydroxylation is 1.